The number of rotatable bonds is 1. The van der Waals surface area contributed by atoms with Crippen LogP contribution in [0.15, 0.2) is 40.5 Å². The van der Waals surface area contributed by atoms with Gasteiger partial charge in [0.1, 0.15) is 0 Å². The van der Waals surface area contributed by atoms with Crippen LogP contribution >= 0.6 is 35.8 Å². The lowest BCUT2D eigenvalue weighted by Gasteiger charge is -2.07. The largest absolute Gasteiger partial charge is 0.300 e. The Morgan fingerprint density at radius 1 is 1.11 bits per heavy atom. The highest BCUT2D eigenvalue weighted by molar-refractivity contribution is 7.80. The zero-order valence-corrected chi connectivity index (χ0v) is 11.7. The molecular weight excluding hydrogens is 307 g/mol. The number of benzene rings is 1. The lowest BCUT2D eigenvalue weighted by molar-refractivity contribution is 0.898. The molecule has 0 saturated heterocycles. The molecule has 0 fully saturated rings. The Bertz CT molecular complexity index is 842. The first-order chi connectivity index (χ1) is 9.08. The molecule has 0 atom stereocenters. The molecular formula is C11H6Cl2N4OS. The van der Waals surface area contributed by atoms with E-state index < -0.39 is 0 Å². The molecule has 0 bridgehead atoms. The second-order valence-electron chi connectivity index (χ2n) is 3.77. The van der Waals surface area contributed by atoms with Gasteiger partial charge in [0.05, 0.1) is 15.7 Å². The molecule has 0 aliphatic carbocycles. The van der Waals surface area contributed by atoms with E-state index >= 15 is 0 Å². The van der Waals surface area contributed by atoms with Crippen molar-refractivity contribution in [3.63, 3.8) is 0 Å². The quantitative estimate of drug-likeness (QED) is 0.702. The summed E-state index contributed by atoms with van der Waals surface area (Å²) < 4.78 is 2.92. The Balaban J connectivity index is 2.28. The lowest BCUT2D eigenvalue weighted by Crippen LogP contribution is -2.20. The van der Waals surface area contributed by atoms with Crippen LogP contribution in [-0.4, -0.2) is 19.2 Å². The first-order valence-corrected chi connectivity index (χ1v) is 6.39. The van der Waals surface area contributed by atoms with Crippen LogP contribution < -0.4 is 5.56 Å². The Hall–Kier alpha value is -1.50. The molecule has 0 saturated carbocycles. The Kier molecular flexibility index (Phi) is 3.00. The zero-order chi connectivity index (χ0) is 13.6. The lowest BCUT2D eigenvalue weighted by atomic mass is 10.3. The molecule has 5 nitrogen and oxygen atoms in total. The fourth-order valence-electron chi connectivity index (χ4n) is 1.71. The van der Waals surface area contributed by atoms with Crippen LogP contribution in [0.5, 0.6) is 0 Å². The third-order valence-electron chi connectivity index (χ3n) is 2.63. The van der Waals surface area contributed by atoms with Crippen LogP contribution in [0, 0.1) is 0 Å². The number of nitrogens with zero attached hydrogens (tertiary/aromatic N) is 4. The van der Waals surface area contributed by atoms with E-state index in [0.29, 0.717) is 20.9 Å². The first kappa shape index (κ1) is 12.5. The third kappa shape index (κ3) is 2.01. The average molecular weight is 313 g/mol. The number of fused-ring (bicyclic) bond motifs is 1. The summed E-state index contributed by atoms with van der Waals surface area (Å²) in [6.45, 7) is 0. The number of thiol groups is 1. The number of aromatic nitrogens is 4. The summed E-state index contributed by atoms with van der Waals surface area (Å²) in [5.74, 6) is 0. The summed E-state index contributed by atoms with van der Waals surface area (Å²) in [5, 5.41) is 8.69. The highest BCUT2D eigenvalue weighted by Gasteiger charge is 2.10. The Morgan fingerprint density at radius 2 is 1.89 bits per heavy atom. The van der Waals surface area contributed by atoms with Crippen molar-refractivity contribution in [1.29, 1.82) is 0 Å². The smallest absolute Gasteiger partial charge is 0.280 e. The van der Waals surface area contributed by atoms with Crippen LogP contribution in [0.3, 0.4) is 0 Å². The van der Waals surface area contributed by atoms with Gasteiger partial charge in [0, 0.05) is 12.4 Å². The number of hydrogen-bond donors (Lipinski definition) is 1. The van der Waals surface area contributed by atoms with Crippen LogP contribution in [0.2, 0.25) is 10.0 Å². The molecule has 19 heavy (non-hydrogen) atoms. The highest BCUT2D eigenvalue weighted by atomic mass is 35.5. The topological polar surface area (TPSA) is 52.2 Å². The van der Waals surface area contributed by atoms with Gasteiger partial charge in [-0.1, -0.05) is 23.2 Å². The monoisotopic (exact) mass is 312 g/mol. The second kappa shape index (κ2) is 4.56. The zero-order valence-electron chi connectivity index (χ0n) is 9.29. The van der Waals surface area contributed by atoms with Gasteiger partial charge in [-0.25, -0.2) is 0 Å². The fourth-order valence-corrected chi connectivity index (χ4v) is 2.21. The molecule has 0 aliphatic rings. The average Bonchev–Trinajstić information content (AvgIpc) is 2.76. The summed E-state index contributed by atoms with van der Waals surface area (Å²) >= 11 is 15.9. The van der Waals surface area contributed by atoms with Gasteiger partial charge in [0.2, 0.25) is 5.65 Å². The maximum Gasteiger partial charge on any atom is 0.300 e. The van der Waals surface area contributed by atoms with E-state index in [-0.39, 0.29) is 11.2 Å². The number of hydrogen-bond acceptors (Lipinski definition) is 4. The third-order valence-corrected chi connectivity index (χ3v) is 3.68. The van der Waals surface area contributed by atoms with Gasteiger partial charge in [-0.3, -0.25) is 13.8 Å². The van der Waals surface area contributed by atoms with Crippen LogP contribution in [0.1, 0.15) is 0 Å². The first-order valence-electron chi connectivity index (χ1n) is 5.19. The molecule has 0 N–H and O–H groups in total. The van der Waals surface area contributed by atoms with Crippen molar-refractivity contribution in [2.24, 2.45) is 0 Å². The molecule has 0 radical (unpaired) electrons. The normalized spacial score (nSPS) is 11.1. The minimum Gasteiger partial charge on any atom is -0.280 e. The van der Waals surface area contributed by atoms with Gasteiger partial charge in [0.25, 0.3) is 0 Å². The van der Waals surface area contributed by atoms with Crippen molar-refractivity contribution in [3.05, 3.63) is 51.0 Å². The summed E-state index contributed by atoms with van der Waals surface area (Å²) in [7, 11) is 0. The summed E-state index contributed by atoms with van der Waals surface area (Å²) in [6.07, 6.45) is 3.25. The maximum absolute atomic E-state index is 12.3. The van der Waals surface area contributed by atoms with Crippen molar-refractivity contribution in [3.8, 4) is 5.69 Å². The van der Waals surface area contributed by atoms with Gasteiger partial charge in [0.15, 0.2) is 5.16 Å². The van der Waals surface area contributed by atoms with E-state index in [1.807, 2.05) is 0 Å². The van der Waals surface area contributed by atoms with E-state index in [1.54, 1.807) is 30.6 Å². The number of halogens is 2. The van der Waals surface area contributed by atoms with Crippen molar-refractivity contribution < 1.29 is 0 Å². The minimum atomic E-state index is -0.311. The van der Waals surface area contributed by atoms with E-state index in [0.717, 1.165) is 0 Å². The molecule has 8 heteroatoms. The van der Waals surface area contributed by atoms with E-state index in [4.69, 9.17) is 23.2 Å². The molecule has 2 heterocycles. The van der Waals surface area contributed by atoms with Gasteiger partial charge < -0.3 is 0 Å². The van der Waals surface area contributed by atoms with Crippen molar-refractivity contribution >= 4 is 41.5 Å². The van der Waals surface area contributed by atoms with Crippen LogP contribution in [0.4, 0.5) is 0 Å². The molecule has 0 aliphatic heterocycles. The van der Waals surface area contributed by atoms with Crippen molar-refractivity contribution in [2.75, 3.05) is 0 Å². The summed E-state index contributed by atoms with van der Waals surface area (Å²) in [4.78, 5) is 12.3. The SMILES string of the molecule is O=c1c2nnc(S)n2ccn1-c1ccc(Cl)c(Cl)c1. The summed E-state index contributed by atoms with van der Waals surface area (Å²) in [5.41, 5.74) is 0.484. The van der Waals surface area contributed by atoms with Gasteiger partial charge in [-0.05, 0) is 18.2 Å². The molecule has 3 aromatic rings. The van der Waals surface area contributed by atoms with Gasteiger partial charge >= 0.3 is 5.56 Å². The van der Waals surface area contributed by atoms with Gasteiger partial charge in [-0.15, -0.1) is 22.8 Å². The van der Waals surface area contributed by atoms with Crippen molar-refractivity contribution in [1.82, 2.24) is 19.2 Å². The van der Waals surface area contributed by atoms with Gasteiger partial charge in [-0.2, -0.15) is 0 Å². The van der Waals surface area contributed by atoms with Crippen LogP contribution in [-0.2, 0) is 0 Å². The predicted molar refractivity (Wildman–Crippen MR) is 75.9 cm³/mol. The summed E-state index contributed by atoms with van der Waals surface area (Å²) in [6, 6.07) is 4.94. The molecule has 1 aromatic carbocycles. The molecule has 96 valence electrons. The van der Waals surface area contributed by atoms with E-state index in [2.05, 4.69) is 22.8 Å². The molecule has 0 spiro atoms. The Morgan fingerprint density at radius 3 is 2.63 bits per heavy atom. The fraction of sp³-hybridized carbons (Fsp3) is 0. The molecule has 3 rings (SSSR count). The van der Waals surface area contributed by atoms with Crippen LogP contribution in [0.25, 0.3) is 11.3 Å². The maximum atomic E-state index is 12.3. The van der Waals surface area contributed by atoms with Crippen molar-refractivity contribution in [2.45, 2.75) is 5.16 Å². The van der Waals surface area contributed by atoms with E-state index in [9.17, 15) is 4.79 Å². The standard InChI is InChI=1S/C11H6Cl2N4OS/c12-7-2-1-6(5-8(7)13)16-3-4-17-9(10(16)18)14-15-11(17)19/h1-5H,(H,15,19). The minimum absolute atomic E-state index is 0.193. The highest BCUT2D eigenvalue weighted by Crippen LogP contribution is 2.23. The molecule has 0 unspecified atom stereocenters. The molecule has 2 aromatic heterocycles. The predicted octanol–water partition coefficient (Wildman–Crippen LogP) is 2.48. The Labute approximate surface area is 122 Å². The molecule has 0 amide bonds. The van der Waals surface area contributed by atoms with E-state index in [1.165, 1.54) is 8.97 Å². The second-order valence-corrected chi connectivity index (χ2v) is 4.98.